The van der Waals surface area contributed by atoms with E-state index in [0.717, 1.165) is 12.1 Å². The Morgan fingerprint density at radius 3 is 1.36 bits per heavy atom. The van der Waals surface area contributed by atoms with Crippen LogP contribution in [0.1, 0.15) is 11.1 Å². The Balaban J connectivity index is 2.36. The average molecular weight is 540 g/mol. The summed E-state index contributed by atoms with van der Waals surface area (Å²) in [6, 6.07) is 3.07. The fourth-order valence-corrected chi connectivity index (χ4v) is 3.73. The number of nitrogen functional groups attached to an aromatic ring is 2. The molecule has 0 heterocycles. The van der Waals surface area contributed by atoms with Gasteiger partial charge in [-0.25, -0.2) is 0 Å². The summed E-state index contributed by atoms with van der Waals surface area (Å²) in [6.07, 6.45) is -25.1. The Morgan fingerprint density at radius 1 is 0.500 bits per heavy atom. The van der Waals surface area contributed by atoms with Crippen molar-refractivity contribution in [1.82, 2.24) is 0 Å². The first-order chi connectivity index (χ1) is 16.0. The van der Waals surface area contributed by atoms with Crippen LogP contribution < -0.4 is 11.5 Å². The third-order valence-corrected chi connectivity index (χ3v) is 5.61. The maximum atomic E-state index is 13.3. The van der Waals surface area contributed by atoms with E-state index in [1.807, 2.05) is 0 Å². The molecule has 0 saturated carbocycles. The number of halogens is 12. The van der Waals surface area contributed by atoms with Gasteiger partial charge in [0, 0.05) is 27.9 Å². The molecule has 0 aromatic heterocycles. The molecule has 0 aliphatic rings. The van der Waals surface area contributed by atoms with E-state index in [-0.39, 0.29) is 22.9 Å². The Labute approximate surface area is 191 Å². The lowest BCUT2D eigenvalue weighted by molar-refractivity contribution is -0.376. The molecule has 0 radical (unpaired) electrons. The van der Waals surface area contributed by atoms with Crippen molar-refractivity contribution in [2.75, 3.05) is 11.5 Å². The van der Waals surface area contributed by atoms with Gasteiger partial charge < -0.3 is 21.7 Å². The molecule has 0 spiro atoms. The number of hydrogen-bond donors (Lipinski definition) is 4. The number of alkyl halides is 12. The Bertz CT molecular complexity index is 1280. The second kappa shape index (κ2) is 7.68. The predicted molar refractivity (Wildman–Crippen MR) is 102 cm³/mol. The van der Waals surface area contributed by atoms with Crippen molar-refractivity contribution in [3.63, 3.8) is 0 Å². The highest BCUT2D eigenvalue weighted by atomic mass is 19.4. The Kier molecular flexibility index (Phi) is 5.85. The molecular weight excluding hydrogens is 528 g/mol. The van der Waals surface area contributed by atoms with Gasteiger partial charge in [0.1, 0.15) is 0 Å². The topological polar surface area (TPSA) is 92.5 Å². The van der Waals surface area contributed by atoms with Crippen molar-refractivity contribution in [3.05, 3.63) is 47.5 Å². The van der Waals surface area contributed by atoms with Crippen LogP contribution in [0.3, 0.4) is 0 Å². The van der Waals surface area contributed by atoms with Crippen molar-refractivity contribution in [2.45, 2.75) is 35.9 Å². The number of hydrogen-bond acceptors (Lipinski definition) is 4. The van der Waals surface area contributed by atoms with Crippen molar-refractivity contribution >= 4 is 32.9 Å². The minimum atomic E-state index is -6.27. The molecule has 0 atom stereocenters. The fraction of sp³-hybridized carbons (Fsp3) is 0.300. The Hall–Kier alpha value is -3.14. The molecule has 198 valence electrons. The zero-order chi connectivity index (χ0) is 27.9. The monoisotopic (exact) mass is 540 g/mol. The zero-order valence-electron chi connectivity index (χ0n) is 17.0. The van der Waals surface area contributed by atoms with Crippen LogP contribution in [-0.4, -0.2) is 34.9 Å². The van der Waals surface area contributed by atoms with E-state index in [2.05, 4.69) is 0 Å². The van der Waals surface area contributed by atoms with E-state index in [1.54, 1.807) is 0 Å². The second-order valence-corrected chi connectivity index (χ2v) is 7.80. The first kappa shape index (κ1) is 27.4. The number of fused-ring (bicyclic) bond motifs is 2. The summed E-state index contributed by atoms with van der Waals surface area (Å²) in [6.45, 7) is 0. The molecular formula is C20H12F12N2O2. The highest BCUT2D eigenvalue weighted by Crippen LogP contribution is 2.54. The zero-order valence-corrected chi connectivity index (χ0v) is 17.0. The summed E-state index contributed by atoms with van der Waals surface area (Å²) >= 11 is 0. The summed E-state index contributed by atoms with van der Waals surface area (Å²) in [5, 5.41) is 17.6. The van der Waals surface area contributed by atoms with Crippen molar-refractivity contribution in [1.29, 1.82) is 0 Å². The van der Waals surface area contributed by atoms with Crippen molar-refractivity contribution in [2.24, 2.45) is 0 Å². The first-order valence-electron chi connectivity index (χ1n) is 9.26. The summed E-state index contributed by atoms with van der Waals surface area (Å²) in [5.41, 5.74) is -6.01. The van der Waals surface area contributed by atoms with Gasteiger partial charge >= 0.3 is 24.7 Å². The minimum absolute atomic E-state index is 0.171. The van der Waals surface area contributed by atoms with Crippen LogP contribution >= 0.6 is 0 Å². The SMILES string of the molecule is Nc1cc2cc3c(N)c(C(O)(C(F)(F)F)C(F)(F)F)ccc3cc2cc1C(O)(C(F)(F)F)C(F)(F)F. The Morgan fingerprint density at radius 2 is 0.917 bits per heavy atom. The van der Waals surface area contributed by atoms with Crippen LogP contribution in [0, 0.1) is 0 Å². The molecule has 0 saturated heterocycles. The normalized spacial score (nSPS) is 14.6. The molecule has 0 fully saturated rings. The summed E-state index contributed by atoms with van der Waals surface area (Å²) < 4.78 is 159. The molecule has 0 bridgehead atoms. The largest absolute Gasteiger partial charge is 0.430 e. The molecule has 6 N–H and O–H groups in total. The van der Waals surface area contributed by atoms with Crippen LogP contribution in [0.25, 0.3) is 21.5 Å². The maximum absolute atomic E-state index is 13.3. The van der Waals surface area contributed by atoms with Crippen LogP contribution in [0.5, 0.6) is 0 Å². The summed E-state index contributed by atoms with van der Waals surface area (Å²) in [7, 11) is 0. The van der Waals surface area contributed by atoms with Gasteiger partial charge in [0.05, 0.1) is 0 Å². The molecule has 36 heavy (non-hydrogen) atoms. The van der Waals surface area contributed by atoms with Gasteiger partial charge in [0.25, 0.3) is 11.2 Å². The lowest BCUT2D eigenvalue weighted by Crippen LogP contribution is -2.54. The second-order valence-electron chi connectivity index (χ2n) is 7.80. The number of aliphatic hydroxyl groups is 2. The van der Waals surface area contributed by atoms with Gasteiger partial charge in [0.2, 0.25) is 0 Å². The predicted octanol–water partition coefficient (Wildman–Crippen LogP) is 5.78. The van der Waals surface area contributed by atoms with Crippen molar-refractivity contribution in [3.8, 4) is 0 Å². The van der Waals surface area contributed by atoms with Gasteiger partial charge in [-0.2, -0.15) is 52.7 Å². The van der Waals surface area contributed by atoms with E-state index in [0.29, 0.717) is 12.1 Å². The molecule has 3 rings (SSSR count). The maximum Gasteiger partial charge on any atom is 0.430 e. The van der Waals surface area contributed by atoms with E-state index in [4.69, 9.17) is 11.5 Å². The summed E-state index contributed by atoms with van der Waals surface area (Å²) in [4.78, 5) is 0. The quantitative estimate of drug-likeness (QED) is 0.188. The number of nitrogens with two attached hydrogens (primary N) is 2. The molecule has 16 heteroatoms. The standard InChI is InChI=1S/C20H12F12N2O2/c21-17(22,23)15(35,18(24,25)26)11-2-1-7-3-8-5-12(16(36,19(27,28)29)20(30,31)32)13(33)6-9(8)4-10(7)14(11)34/h1-6,35-36H,33-34H2. The average Bonchev–Trinajstić information content (AvgIpc) is 2.68. The van der Waals surface area contributed by atoms with Gasteiger partial charge in [0.15, 0.2) is 0 Å². The van der Waals surface area contributed by atoms with Gasteiger partial charge in [-0.1, -0.05) is 12.1 Å². The molecule has 0 unspecified atom stereocenters. The summed E-state index contributed by atoms with van der Waals surface area (Å²) in [5.74, 6) is 0. The lowest BCUT2D eigenvalue weighted by atomic mass is 9.86. The highest BCUT2D eigenvalue weighted by molar-refractivity contribution is 6.05. The molecule has 0 amide bonds. The van der Waals surface area contributed by atoms with Crippen molar-refractivity contribution < 1.29 is 62.9 Å². The van der Waals surface area contributed by atoms with Crippen LogP contribution in [0.2, 0.25) is 0 Å². The number of anilines is 2. The van der Waals surface area contributed by atoms with E-state index in [9.17, 15) is 62.9 Å². The van der Waals surface area contributed by atoms with Gasteiger partial charge in [-0.3, -0.25) is 0 Å². The molecule has 3 aromatic carbocycles. The van der Waals surface area contributed by atoms with E-state index >= 15 is 0 Å². The number of rotatable bonds is 2. The van der Waals surface area contributed by atoms with E-state index < -0.39 is 69.2 Å². The first-order valence-corrected chi connectivity index (χ1v) is 9.26. The van der Waals surface area contributed by atoms with Gasteiger partial charge in [-0.15, -0.1) is 0 Å². The molecule has 0 aliphatic carbocycles. The molecule has 0 aliphatic heterocycles. The molecule has 4 nitrogen and oxygen atoms in total. The number of benzene rings is 3. The third-order valence-electron chi connectivity index (χ3n) is 5.61. The smallest absolute Gasteiger partial charge is 0.398 e. The minimum Gasteiger partial charge on any atom is -0.398 e. The molecule has 3 aromatic rings. The highest BCUT2D eigenvalue weighted by Gasteiger charge is 2.73. The van der Waals surface area contributed by atoms with E-state index in [1.165, 1.54) is 0 Å². The van der Waals surface area contributed by atoms with Gasteiger partial charge in [-0.05, 0) is 40.4 Å². The van der Waals surface area contributed by atoms with Crippen LogP contribution in [0.15, 0.2) is 36.4 Å². The van der Waals surface area contributed by atoms with Crippen LogP contribution in [0.4, 0.5) is 64.1 Å². The lowest BCUT2D eigenvalue weighted by Gasteiger charge is -2.34. The van der Waals surface area contributed by atoms with Crippen LogP contribution in [-0.2, 0) is 11.2 Å². The fourth-order valence-electron chi connectivity index (χ4n) is 3.73. The third kappa shape index (κ3) is 3.73.